The minimum absolute atomic E-state index is 0.0831. The summed E-state index contributed by atoms with van der Waals surface area (Å²) in [7, 11) is 0. The summed E-state index contributed by atoms with van der Waals surface area (Å²) in [6.45, 7) is 4.13. The van der Waals surface area contributed by atoms with Crippen LogP contribution in [0.25, 0.3) is 0 Å². The minimum Gasteiger partial charge on any atom is -0.489 e. The van der Waals surface area contributed by atoms with Gasteiger partial charge in [-0.25, -0.2) is 4.39 Å². The van der Waals surface area contributed by atoms with Crippen LogP contribution < -0.4 is 10.5 Å². The number of halogens is 2. The number of nitrogens with two attached hydrogens (primary N) is 1. The van der Waals surface area contributed by atoms with Gasteiger partial charge in [-0.15, -0.1) is 0 Å². The first-order chi connectivity index (χ1) is 8.34. The molecule has 0 aliphatic rings. The van der Waals surface area contributed by atoms with E-state index in [9.17, 15) is 4.39 Å². The molecular weight excluding hydrogens is 255 g/mol. The third-order valence-corrected chi connectivity index (χ3v) is 3.14. The Morgan fingerprint density at radius 3 is 2.72 bits per heavy atom. The monoisotopic (exact) mass is 272 g/mol. The van der Waals surface area contributed by atoms with Crippen LogP contribution in [0.5, 0.6) is 5.75 Å². The first-order valence-electron chi connectivity index (χ1n) is 5.76. The number of benzene rings is 1. The van der Waals surface area contributed by atoms with E-state index in [1.807, 2.05) is 13.8 Å². The Hall–Kier alpha value is -1.29. The first kappa shape index (κ1) is 14.8. The molecule has 3 nitrogen and oxygen atoms in total. The van der Waals surface area contributed by atoms with E-state index in [1.165, 1.54) is 12.1 Å². The average Bonchev–Trinajstić information content (AvgIpc) is 2.27. The van der Waals surface area contributed by atoms with Gasteiger partial charge in [0.1, 0.15) is 0 Å². The lowest BCUT2D eigenvalue weighted by molar-refractivity contribution is 0.275. The molecule has 0 aliphatic heterocycles. The Morgan fingerprint density at radius 2 is 2.17 bits per heavy atom. The van der Waals surface area contributed by atoms with Gasteiger partial charge < -0.3 is 10.5 Å². The molecule has 0 saturated carbocycles. The maximum absolute atomic E-state index is 13.4. The van der Waals surface area contributed by atoms with E-state index in [2.05, 4.69) is 0 Å². The van der Waals surface area contributed by atoms with Crippen molar-refractivity contribution >= 4 is 17.4 Å². The van der Waals surface area contributed by atoms with Gasteiger partial charge in [-0.3, -0.25) is 5.41 Å². The largest absolute Gasteiger partial charge is 0.489 e. The standard InChI is InChI=1S/C13H18ClFN2O/c1-13(2,12(16)17)7-4-8-18-11-9(14)5-3-6-10(11)15/h3,5-6H,4,7-8H2,1-2H3,(H3,16,17). The van der Waals surface area contributed by atoms with Crippen LogP contribution in [-0.2, 0) is 0 Å². The van der Waals surface area contributed by atoms with Crippen molar-refractivity contribution in [3.8, 4) is 5.75 Å². The zero-order chi connectivity index (χ0) is 13.8. The van der Waals surface area contributed by atoms with Gasteiger partial charge in [0.2, 0.25) is 0 Å². The molecule has 0 spiro atoms. The lowest BCUT2D eigenvalue weighted by atomic mass is 9.87. The van der Waals surface area contributed by atoms with Crippen molar-refractivity contribution < 1.29 is 9.13 Å². The summed E-state index contributed by atoms with van der Waals surface area (Å²) < 4.78 is 18.7. The number of nitrogens with one attached hydrogen (secondary N) is 1. The molecular formula is C13H18ClFN2O. The second-order valence-corrected chi connectivity index (χ2v) is 5.21. The Kier molecular flexibility index (Phi) is 4.96. The molecule has 0 atom stereocenters. The summed E-state index contributed by atoms with van der Waals surface area (Å²) in [4.78, 5) is 0. The van der Waals surface area contributed by atoms with E-state index >= 15 is 0 Å². The fraction of sp³-hybridized carbons (Fsp3) is 0.462. The molecule has 0 heterocycles. The normalized spacial score (nSPS) is 11.3. The molecule has 18 heavy (non-hydrogen) atoms. The van der Waals surface area contributed by atoms with Gasteiger partial charge in [0.05, 0.1) is 17.5 Å². The van der Waals surface area contributed by atoms with Crippen LogP contribution in [0.1, 0.15) is 26.7 Å². The molecule has 0 saturated heterocycles. The fourth-order valence-electron chi connectivity index (χ4n) is 1.44. The Labute approximate surface area is 112 Å². The summed E-state index contributed by atoms with van der Waals surface area (Å²) in [5.74, 6) is -0.237. The number of rotatable bonds is 6. The average molecular weight is 273 g/mol. The molecule has 0 radical (unpaired) electrons. The maximum atomic E-state index is 13.4. The number of amidine groups is 1. The predicted octanol–water partition coefficient (Wildman–Crippen LogP) is 3.60. The van der Waals surface area contributed by atoms with Crippen molar-refractivity contribution in [3.63, 3.8) is 0 Å². The number of para-hydroxylation sites is 1. The lowest BCUT2D eigenvalue weighted by Crippen LogP contribution is -2.31. The van der Waals surface area contributed by atoms with Crippen molar-refractivity contribution in [1.29, 1.82) is 5.41 Å². The van der Waals surface area contributed by atoms with Crippen LogP contribution >= 0.6 is 11.6 Å². The van der Waals surface area contributed by atoms with Gasteiger partial charge in [-0.2, -0.15) is 0 Å². The molecule has 1 aromatic rings. The van der Waals surface area contributed by atoms with E-state index in [4.69, 9.17) is 27.5 Å². The second-order valence-electron chi connectivity index (χ2n) is 4.80. The summed E-state index contributed by atoms with van der Waals surface area (Å²) in [5.41, 5.74) is 5.11. The highest BCUT2D eigenvalue weighted by atomic mass is 35.5. The van der Waals surface area contributed by atoms with E-state index in [0.717, 1.165) is 0 Å². The molecule has 3 N–H and O–H groups in total. The highest BCUT2D eigenvalue weighted by Gasteiger charge is 2.21. The van der Waals surface area contributed by atoms with Gasteiger partial charge in [0, 0.05) is 5.41 Å². The molecule has 1 rings (SSSR count). The lowest BCUT2D eigenvalue weighted by Gasteiger charge is -2.22. The predicted molar refractivity (Wildman–Crippen MR) is 71.8 cm³/mol. The van der Waals surface area contributed by atoms with Crippen LogP contribution in [0.3, 0.4) is 0 Å². The molecule has 0 amide bonds. The van der Waals surface area contributed by atoms with Crippen molar-refractivity contribution in [2.45, 2.75) is 26.7 Å². The van der Waals surface area contributed by atoms with Gasteiger partial charge in [-0.1, -0.05) is 31.5 Å². The van der Waals surface area contributed by atoms with Gasteiger partial charge >= 0.3 is 0 Å². The second kappa shape index (κ2) is 6.05. The zero-order valence-corrected chi connectivity index (χ0v) is 11.4. The van der Waals surface area contributed by atoms with Crippen molar-refractivity contribution in [3.05, 3.63) is 29.0 Å². The van der Waals surface area contributed by atoms with Crippen LogP contribution in [-0.4, -0.2) is 12.4 Å². The number of hydrogen-bond donors (Lipinski definition) is 2. The van der Waals surface area contributed by atoms with Crippen molar-refractivity contribution in [2.75, 3.05) is 6.61 Å². The Morgan fingerprint density at radius 1 is 1.50 bits per heavy atom. The van der Waals surface area contributed by atoms with Gasteiger partial charge in [-0.05, 0) is 25.0 Å². The summed E-state index contributed by atoms with van der Waals surface area (Å²) >= 11 is 5.83. The molecule has 1 aromatic carbocycles. The third kappa shape index (κ3) is 3.88. The van der Waals surface area contributed by atoms with Crippen LogP contribution in [0.15, 0.2) is 18.2 Å². The Balaban J connectivity index is 2.46. The van der Waals surface area contributed by atoms with Crippen LogP contribution in [0.2, 0.25) is 5.02 Å². The summed E-state index contributed by atoms with van der Waals surface area (Å²) in [5, 5.41) is 7.69. The molecule has 0 fully saturated rings. The SMILES string of the molecule is CC(C)(CCCOc1c(F)cccc1Cl)C(=N)N. The van der Waals surface area contributed by atoms with E-state index in [-0.39, 0.29) is 22.0 Å². The summed E-state index contributed by atoms with van der Waals surface area (Å²) in [6.07, 6.45) is 1.38. The molecule has 5 heteroatoms. The highest BCUT2D eigenvalue weighted by molar-refractivity contribution is 6.32. The zero-order valence-electron chi connectivity index (χ0n) is 10.6. The van der Waals surface area contributed by atoms with Crippen LogP contribution in [0.4, 0.5) is 4.39 Å². The minimum atomic E-state index is -0.465. The number of hydrogen-bond acceptors (Lipinski definition) is 2. The molecule has 0 unspecified atom stereocenters. The van der Waals surface area contributed by atoms with Crippen molar-refractivity contribution in [2.24, 2.45) is 11.1 Å². The number of ether oxygens (including phenoxy) is 1. The quantitative estimate of drug-likeness (QED) is 0.472. The molecule has 0 aromatic heterocycles. The van der Waals surface area contributed by atoms with Gasteiger partial charge in [0.15, 0.2) is 11.6 Å². The molecule has 0 aliphatic carbocycles. The molecule has 100 valence electrons. The van der Waals surface area contributed by atoms with Gasteiger partial charge in [0.25, 0.3) is 0 Å². The summed E-state index contributed by atoms with van der Waals surface area (Å²) in [6, 6.07) is 4.42. The first-order valence-corrected chi connectivity index (χ1v) is 6.13. The van der Waals surface area contributed by atoms with E-state index in [0.29, 0.717) is 19.4 Å². The highest BCUT2D eigenvalue weighted by Crippen LogP contribution is 2.28. The topological polar surface area (TPSA) is 59.1 Å². The van der Waals surface area contributed by atoms with Crippen molar-refractivity contribution in [1.82, 2.24) is 0 Å². The van der Waals surface area contributed by atoms with E-state index in [1.54, 1.807) is 6.07 Å². The van der Waals surface area contributed by atoms with Crippen LogP contribution in [0, 0.1) is 16.6 Å². The molecule has 0 bridgehead atoms. The smallest absolute Gasteiger partial charge is 0.173 e. The Bertz CT molecular complexity index is 415. The van der Waals surface area contributed by atoms with E-state index < -0.39 is 5.82 Å². The maximum Gasteiger partial charge on any atom is 0.173 e. The third-order valence-electron chi connectivity index (χ3n) is 2.84. The fourth-order valence-corrected chi connectivity index (χ4v) is 1.66.